The molecule has 0 N–H and O–H groups in total. The van der Waals surface area contributed by atoms with Gasteiger partial charge in [-0.25, -0.2) is 0 Å². The van der Waals surface area contributed by atoms with Gasteiger partial charge in [0.1, 0.15) is 12.2 Å². The highest BCUT2D eigenvalue weighted by Crippen LogP contribution is 2.12. The summed E-state index contributed by atoms with van der Waals surface area (Å²) in [6.45, 7) is 9.59. The third-order valence-corrected chi connectivity index (χ3v) is 3.10. The monoisotopic (exact) mass is 308 g/mol. The summed E-state index contributed by atoms with van der Waals surface area (Å²) in [5, 5.41) is 18.3. The molecule has 8 heteroatoms. The zero-order valence-electron chi connectivity index (χ0n) is 13.6. The molecule has 0 bridgehead atoms. The minimum atomic E-state index is -0.725. The molecule has 126 valence electrons. The predicted octanol–water partition coefficient (Wildman–Crippen LogP) is 3.79. The van der Waals surface area contributed by atoms with Crippen LogP contribution in [-0.4, -0.2) is 22.4 Å². The van der Waals surface area contributed by atoms with E-state index < -0.39 is 10.2 Å². The minimum absolute atomic E-state index is 0.208. The molecular weight excluding hydrogens is 280 g/mol. The fourth-order valence-electron chi connectivity index (χ4n) is 1.70. The van der Waals surface area contributed by atoms with E-state index in [0.29, 0.717) is 6.42 Å². The Hall–Kier alpha value is -1.60. The Morgan fingerprint density at radius 2 is 1.38 bits per heavy atom. The summed E-state index contributed by atoms with van der Waals surface area (Å²) in [6, 6.07) is 0. The molecule has 21 heavy (non-hydrogen) atoms. The fraction of sp³-hybridized carbons (Fsp3) is 1.00. The lowest BCUT2D eigenvalue weighted by Gasteiger charge is -2.16. The first-order valence-electron chi connectivity index (χ1n) is 7.40. The van der Waals surface area contributed by atoms with Crippen LogP contribution in [0, 0.1) is 26.1 Å². The molecule has 0 aromatic rings. The summed E-state index contributed by atoms with van der Waals surface area (Å²) >= 11 is 0. The van der Waals surface area contributed by atoms with Gasteiger partial charge in [0, 0.05) is 0 Å². The average Bonchev–Trinajstić information content (AvgIpc) is 2.38. The zero-order chi connectivity index (χ0) is 16.8. The van der Waals surface area contributed by atoms with E-state index in [2.05, 4.69) is 16.6 Å². The van der Waals surface area contributed by atoms with Crippen LogP contribution in [0.5, 0.6) is 0 Å². The van der Waals surface area contributed by atoms with Crippen LogP contribution < -0.4 is 0 Å². The number of rotatable bonds is 10. The first-order chi connectivity index (χ1) is 9.78. The highest BCUT2D eigenvalue weighted by molar-refractivity contribution is 4.58. The number of hydrogen-bond acceptors (Lipinski definition) is 6. The Labute approximate surface area is 126 Å². The van der Waals surface area contributed by atoms with E-state index in [1.165, 1.54) is 0 Å². The highest BCUT2D eigenvalue weighted by Gasteiger charge is 2.14. The summed E-state index contributed by atoms with van der Waals surface area (Å²) in [5.74, 6) is 0.255. The van der Waals surface area contributed by atoms with Crippen LogP contribution in [0.25, 0.3) is 0 Å². The van der Waals surface area contributed by atoms with Crippen LogP contribution >= 0.6 is 0 Å². The molecule has 0 aromatic carbocycles. The molecular formula is C13H28N2O6. The van der Waals surface area contributed by atoms with Crippen LogP contribution in [0.15, 0.2) is 0 Å². The quantitative estimate of drug-likeness (QED) is 0.449. The van der Waals surface area contributed by atoms with Gasteiger partial charge >= 0.3 is 0 Å². The van der Waals surface area contributed by atoms with Gasteiger partial charge in [-0.3, -0.25) is 0 Å². The Kier molecular flexibility index (Phi) is 13.8. The molecule has 0 aliphatic heterocycles. The Morgan fingerprint density at radius 3 is 1.71 bits per heavy atom. The number of hydrogen-bond donors (Lipinski definition) is 0. The van der Waals surface area contributed by atoms with Crippen molar-refractivity contribution in [2.45, 2.75) is 78.9 Å². The zero-order valence-corrected chi connectivity index (χ0v) is 13.6. The van der Waals surface area contributed by atoms with Gasteiger partial charge < -0.3 is 9.68 Å². The Morgan fingerprint density at radius 1 is 0.905 bits per heavy atom. The van der Waals surface area contributed by atoms with Gasteiger partial charge in [-0.05, 0) is 32.1 Å². The van der Waals surface area contributed by atoms with Crippen LogP contribution in [0.3, 0.4) is 0 Å². The maximum Gasteiger partial charge on any atom is 0.294 e. The summed E-state index contributed by atoms with van der Waals surface area (Å²) in [5.41, 5.74) is 0. The molecule has 3 unspecified atom stereocenters. The maximum absolute atomic E-state index is 9.90. The van der Waals surface area contributed by atoms with Crippen molar-refractivity contribution in [3.05, 3.63) is 20.2 Å². The SMILES string of the molecule is CCCC(C)C(C)O[N+](=O)[O-].CCCC(CC)O[N+](=O)[O-]. The molecule has 0 heterocycles. The molecule has 0 spiro atoms. The first-order valence-corrected chi connectivity index (χ1v) is 7.40. The van der Waals surface area contributed by atoms with Crippen LogP contribution in [0.2, 0.25) is 0 Å². The standard InChI is InChI=1S/C7H15NO3.C6H13NO3/c1-4-5-6(2)7(3)11-8(9)10;1-3-5-6(4-2)10-7(8)9/h6-7H,4-5H2,1-3H3;6H,3-5H2,1-2H3. The Balaban J connectivity index is 0. The van der Waals surface area contributed by atoms with E-state index in [9.17, 15) is 20.2 Å². The third-order valence-electron chi connectivity index (χ3n) is 3.10. The normalized spacial score (nSPS) is 14.1. The summed E-state index contributed by atoms with van der Waals surface area (Å²) in [4.78, 5) is 28.5. The molecule has 0 aliphatic rings. The van der Waals surface area contributed by atoms with E-state index in [1.807, 2.05) is 20.8 Å². The van der Waals surface area contributed by atoms with Gasteiger partial charge in [0.15, 0.2) is 0 Å². The van der Waals surface area contributed by atoms with E-state index in [1.54, 1.807) is 6.92 Å². The topological polar surface area (TPSA) is 105 Å². The van der Waals surface area contributed by atoms with Gasteiger partial charge in [-0.2, -0.15) is 0 Å². The van der Waals surface area contributed by atoms with Crippen molar-refractivity contribution < 1.29 is 19.8 Å². The van der Waals surface area contributed by atoms with Gasteiger partial charge in [-0.1, -0.05) is 40.5 Å². The first kappa shape index (κ1) is 21.7. The maximum atomic E-state index is 9.90. The van der Waals surface area contributed by atoms with E-state index >= 15 is 0 Å². The van der Waals surface area contributed by atoms with Gasteiger partial charge in [-0.15, -0.1) is 20.2 Å². The van der Waals surface area contributed by atoms with Crippen molar-refractivity contribution in [3.63, 3.8) is 0 Å². The predicted molar refractivity (Wildman–Crippen MR) is 78.7 cm³/mol. The van der Waals surface area contributed by atoms with Gasteiger partial charge in [0.05, 0.1) is 0 Å². The minimum Gasteiger partial charge on any atom is -0.311 e. The van der Waals surface area contributed by atoms with Gasteiger partial charge in [0.2, 0.25) is 0 Å². The highest BCUT2D eigenvalue weighted by atomic mass is 17.0. The molecule has 0 amide bonds. The van der Waals surface area contributed by atoms with Crippen LogP contribution in [-0.2, 0) is 9.68 Å². The van der Waals surface area contributed by atoms with Crippen molar-refractivity contribution in [1.82, 2.24) is 0 Å². The largest absolute Gasteiger partial charge is 0.311 e. The lowest BCUT2D eigenvalue weighted by atomic mass is 10.0. The lowest BCUT2D eigenvalue weighted by molar-refractivity contribution is -0.769. The molecule has 8 nitrogen and oxygen atoms in total. The summed E-state index contributed by atoms with van der Waals surface area (Å²) in [6.07, 6.45) is 3.89. The van der Waals surface area contributed by atoms with Crippen molar-refractivity contribution in [3.8, 4) is 0 Å². The molecule has 0 saturated heterocycles. The van der Waals surface area contributed by atoms with Crippen molar-refractivity contribution >= 4 is 0 Å². The second-order valence-electron chi connectivity index (χ2n) is 4.95. The van der Waals surface area contributed by atoms with E-state index in [-0.39, 0.29) is 18.1 Å². The summed E-state index contributed by atoms with van der Waals surface area (Å²) in [7, 11) is 0. The van der Waals surface area contributed by atoms with Crippen molar-refractivity contribution in [2.75, 3.05) is 0 Å². The molecule has 0 radical (unpaired) electrons. The number of nitrogens with zero attached hydrogens (tertiary/aromatic N) is 2. The van der Waals surface area contributed by atoms with E-state index in [0.717, 1.165) is 25.7 Å². The molecule has 3 atom stereocenters. The fourth-order valence-corrected chi connectivity index (χ4v) is 1.70. The third kappa shape index (κ3) is 14.6. The smallest absolute Gasteiger partial charge is 0.294 e. The van der Waals surface area contributed by atoms with Crippen molar-refractivity contribution in [2.24, 2.45) is 5.92 Å². The molecule has 0 saturated carbocycles. The molecule has 0 fully saturated rings. The average molecular weight is 308 g/mol. The Bertz CT molecular complexity index is 288. The summed E-state index contributed by atoms with van der Waals surface area (Å²) < 4.78 is 0. The van der Waals surface area contributed by atoms with Crippen LogP contribution in [0.4, 0.5) is 0 Å². The van der Waals surface area contributed by atoms with E-state index in [4.69, 9.17) is 0 Å². The molecule has 0 aromatic heterocycles. The molecule has 0 aliphatic carbocycles. The van der Waals surface area contributed by atoms with Crippen molar-refractivity contribution in [1.29, 1.82) is 0 Å². The lowest BCUT2D eigenvalue weighted by Crippen LogP contribution is -2.21. The van der Waals surface area contributed by atoms with Crippen LogP contribution in [0.1, 0.15) is 66.7 Å². The molecule has 0 rings (SSSR count). The second-order valence-corrected chi connectivity index (χ2v) is 4.95. The second kappa shape index (κ2) is 13.4. The van der Waals surface area contributed by atoms with Gasteiger partial charge in [0.25, 0.3) is 10.2 Å².